The van der Waals surface area contributed by atoms with Gasteiger partial charge in [-0.15, -0.1) is 0 Å². The Morgan fingerprint density at radius 3 is 2.25 bits per heavy atom. The molecule has 0 aromatic rings. The van der Waals surface area contributed by atoms with E-state index in [0.29, 0.717) is 5.41 Å². The van der Waals surface area contributed by atoms with Gasteiger partial charge in [-0.3, -0.25) is 0 Å². The first-order valence-corrected chi connectivity index (χ1v) is 5.30. The second-order valence-corrected chi connectivity index (χ2v) is 4.28. The fraction of sp³-hybridized carbons (Fsp3) is 0.833. The molecule has 0 nitrogen and oxygen atoms in total. The zero-order valence-electron chi connectivity index (χ0n) is 9.19. The summed E-state index contributed by atoms with van der Waals surface area (Å²) in [6.45, 7) is 9.13. The highest BCUT2D eigenvalue weighted by atomic mass is 14.2. The lowest BCUT2D eigenvalue weighted by molar-refractivity contribution is 0.430. The zero-order valence-corrected chi connectivity index (χ0v) is 9.19. The first-order chi connectivity index (χ1) is 5.62. The normalized spacial score (nSPS) is 12.7. The predicted molar refractivity (Wildman–Crippen MR) is 57.4 cm³/mol. The predicted octanol–water partition coefficient (Wildman–Crippen LogP) is 4.56. The standard InChI is InChI=1S/C12H24/c1-5-7-8-9-11-12(3,4)10-6-2/h9,11H,5-8,10H2,1-4H3/b11-9+. The summed E-state index contributed by atoms with van der Waals surface area (Å²) in [5, 5.41) is 0. The molecule has 0 N–H and O–H groups in total. The molecule has 0 heteroatoms. The Hall–Kier alpha value is -0.260. The van der Waals surface area contributed by atoms with Crippen molar-refractivity contribution in [2.24, 2.45) is 5.41 Å². The van der Waals surface area contributed by atoms with Gasteiger partial charge in [0.2, 0.25) is 0 Å². The minimum atomic E-state index is 0.419. The Labute approximate surface area is 78.1 Å². The molecule has 0 aliphatic heterocycles. The van der Waals surface area contributed by atoms with Gasteiger partial charge in [0.1, 0.15) is 0 Å². The molecule has 0 unspecified atom stereocenters. The SMILES string of the molecule is CCCC/C=C/C(C)(C)CCC. The van der Waals surface area contributed by atoms with E-state index in [9.17, 15) is 0 Å². The molecule has 0 aliphatic carbocycles. The summed E-state index contributed by atoms with van der Waals surface area (Å²) >= 11 is 0. The largest absolute Gasteiger partial charge is 0.0880 e. The Morgan fingerprint density at radius 2 is 1.75 bits per heavy atom. The summed E-state index contributed by atoms with van der Waals surface area (Å²) in [6, 6.07) is 0. The third-order valence-corrected chi connectivity index (χ3v) is 2.19. The van der Waals surface area contributed by atoms with Gasteiger partial charge < -0.3 is 0 Å². The van der Waals surface area contributed by atoms with Crippen LogP contribution in [0.1, 0.15) is 59.8 Å². The molecule has 72 valence electrons. The highest BCUT2D eigenvalue weighted by molar-refractivity contribution is 4.94. The molecular formula is C12H24. The maximum atomic E-state index is 2.38. The van der Waals surface area contributed by atoms with E-state index in [2.05, 4.69) is 39.8 Å². The molecule has 0 radical (unpaired) electrons. The van der Waals surface area contributed by atoms with Gasteiger partial charge in [0.05, 0.1) is 0 Å². The van der Waals surface area contributed by atoms with E-state index in [1.54, 1.807) is 0 Å². The van der Waals surface area contributed by atoms with Crippen molar-refractivity contribution in [1.82, 2.24) is 0 Å². The average molecular weight is 168 g/mol. The third kappa shape index (κ3) is 6.45. The van der Waals surface area contributed by atoms with E-state index in [0.717, 1.165) is 0 Å². The number of allylic oxidation sites excluding steroid dienone is 2. The van der Waals surface area contributed by atoms with E-state index >= 15 is 0 Å². The maximum Gasteiger partial charge on any atom is -0.0175 e. The lowest BCUT2D eigenvalue weighted by atomic mass is 9.87. The first kappa shape index (κ1) is 11.7. The van der Waals surface area contributed by atoms with Crippen LogP contribution in [0.25, 0.3) is 0 Å². The molecule has 0 saturated heterocycles. The van der Waals surface area contributed by atoms with E-state index in [-0.39, 0.29) is 0 Å². The summed E-state index contributed by atoms with van der Waals surface area (Å²) in [5.74, 6) is 0. The summed E-state index contributed by atoms with van der Waals surface area (Å²) in [7, 11) is 0. The van der Waals surface area contributed by atoms with Crippen LogP contribution in [0, 0.1) is 5.41 Å². The van der Waals surface area contributed by atoms with Crippen LogP contribution in [0.3, 0.4) is 0 Å². The molecule has 0 aromatic carbocycles. The van der Waals surface area contributed by atoms with E-state index in [4.69, 9.17) is 0 Å². The molecule has 0 aliphatic rings. The van der Waals surface area contributed by atoms with Crippen LogP contribution >= 0.6 is 0 Å². The van der Waals surface area contributed by atoms with Crippen LogP contribution in [0.2, 0.25) is 0 Å². The Bertz CT molecular complexity index is 120. The number of rotatable bonds is 6. The minimum Gasteiger partial charge on any atom is -0.0880 e. The monoisotopic (exact) mass is 168 g/mol. The number of unbranched alkanes of at least 4 members (excludes halogenated alkanes) is 2. The zero-order chi connectivity index (χ0) is 9.45. The van der Waals surface area contributed by atoms with Crippen molar-refractivity contribution in [3.63, 3.8) is 0 Å². The quantitative estimate of drug-likeness (QED) is 0.403. The smallest absolute Gasteiger partial charge is 0.0175 e. The van der Waals surface area contributed by atoms with Crippen molar-refractivity contribution < 1.29 is 0 Å². The molecule has 0 heterocycles. The van der Waals surface area contributed by atoms with Crippen LogP contribution in [0.4, 0.5) is 0 Å². The maximum absolute atomic E-state index is 2.38. The summed E-state index contributed by atoms with van der Waals surface area (Å²) in [4.78, 5) is 0. The fourth-order valence-corrected chi connectivity index (χ4v) is 1.45. The molecule has 0 bridgehead atoms. The molecule has 0 rings (SSSR count). The van der Waals surface area contributed by atoms with Crippen LogP contribution in [0.5, 0.6) is 0 Å². The Balaban J connectivity index is 3.63. The molecule has 0 spiro atoms. The van der Waals surface area contributed by atoms with Crippen molar-refractivity contribution in [3.05, 3.63) is 12.2 Å². The Kier molecular flexibility index (Phi) is 6.14. The summed E-state index contributed by atoms with van der Waals surface area (Å²) < 4.78 is 0. The van der Waals surface area contributed by atoms with Crippen molar-refractivity contribution in [3.8, 4) is 0 Å². The number of hydrogen-bond acceptors (Lipinski definition) is 0. The van der Waals surface area contributed by atoms with Gasteiger partial charge in [-0.2, -0.15) is 0 Å². The molecule has 0 fully saturated rings. The van der Waals surface area contributed by atoms with Gasteiger partial charge in [0, 0.05) is 0 Å². The van der Waals surface area contributed by atoms with Crippen molar-refractivity contribution in [2.75, 3.05) is 0 Å². The van der Waals surface area contributed by atoms with Crippen LogP contribution in [-0.2, 0) is 0 Å². The summed E-state index contributed by atoms with van der Waals surface area (Å²) in [5.41, 5.74) is 0.419. The highest BCUT2D eigenvalue weighted by Gasteiger charge is 2.10. The van der Waals surface area contributed by atoms with E-state index in [1.165, 1.54) is 32.1 Å². The van der Waals surface area contributed by atoms with Gasteiger partial charge >= 0.3 is 0 Å². The molecule has 0 aromatic heterocycles. The minimum absolute atomic E-state index is 0.419. The van der Waals surface area contributed by atoms with Gasteiger partial charge in [0.25, 0.3) is 0 Å². The van der Waals surface area contributed by atoms with E-state index in [1.807, 2.05) is 0 Å². The van der Waals surface area contributed by atoms with Crippen molar-refractivity contribution in [2.45, 2.75) is 59.8 Å². The van der Waals surface area contributed by atoms with Crippen molar-refractivity contribution >= 4 is 0 Å². The van der Waals surface area contributed by atoms with E-state index < -0.39 is 0 Å². The third-order valence-electron chi connectivity index (χ3n) is 2.19. The highest BCUT2D eigenvalue weighted by Crippen LogP contribution is 2.23. The number of hydrogen-bond donors (Lipinski definition) is 0. The lowest BCUT2D eigenvalue weighted by Gasteiger charge is -2.18. The van der Waals surface area contributed by atoms with Gasteiger partial charge in [-0.25, -0.2) is 0 Å². The van der Waals surface area contributed by atoms with Crippen LogP contribution in [-0.4, -0.2) is 0 Å². The fourth-order valence-electron chi connectivity index (χ4n) is 1.45. The summed E-state index contributed by atoms with van der Waals surface area (Å²) in [6.07, 6.45) is 11.2. The van der Waals surface area contributed by atoms with Gasteiger partial charge in [-0.1, -0.05) is 59.1 Å². The second-order valence-electron chi connectivity index (χ2n) is 4.28. The molecule has 0 amide bonds. The van der Waals surface area contributed by atoms with Crippen molar-refractivity contribution in [1.29, 1.82) is 0 Å². The molecule has 0 atom stereocenters. The Morgan fingerprint density at radius 1 is 1.08 bits per heavy atom. The molecule has 12 heavy (non-hydrogen) atoms. The second kappa shape index (κ2) is 6.28. The molecular weight excluding hydrogens is 144 g/mol. The first-order valence-electron chi connectivity index (χ1n) is 5.30. The van der Waals surface area contributed by atoms with Crippen LogP contribution in [0.15, 0.2) is 12.2 Å². The van der Waals surface area contributed by atoms with Gasteiger partial charge in [-0.05, 0) is 18.3 Å². The average Bonchev–Trinajstić information content (AvgIpc) is 1.98. The lowest BCUT2D eigenvalue weighted by Crippen LogP contribution is -2.05. The van der Waals surface area contributed by atoms with Crippen LogP contribution < -0.4 is 0 Å². The molecule has 0 saturated carbocycles. The van der Waals surface area contributed by atoms with Gasteiger partial charge in [0.15, 0.2) is 0 Å². The topological polar surface area (TPSA) is 0 Å².